The highest BCUT2D eigenvalue weighted by Gasteiger charge is 2.28. The van der Waals surface area contributed by atoms with Crippen LogP contribution in [0.4, 0.5) is 5.69 Å². The Bertz CT molecular complexity index is 434. The molecule has 1 atom stereocenters. The van der Waals surface area contributed by atoms with Crippen molar-refractivity contribution < 1.29 is 9.84 Å². The van der Waals surface area contributed by atoms with E-state index < -0.39 is 0 Å². The normalized spacial score (nSPS) is 23.5. The number of anilines is 1. The molecule has 4 nitrogen and oxygen atoms in total. The van der Waals surface area contributed by atoms with Crippen LogP contribution in [-0.2, 0) is 6.54 Å². The van der Waals surface area contributed by atoms with Crippen LogP contribution in [-0.4, -0.2) is 36.2 Å². The molecule has 0 spiro atoms. The van der Waals surface area contributed by atoms with Crippen LogP contribution in [0.15, 0.2) is 12.1 Å². The number of nitrogens with one attached hydrogen (secondary N) is 1. The molecule has 2 aliphatic rings. The van der Waals surface area contributed by atoms with Gasteiger partial charge in [-0.25, -0.2) is 0 Å². The van der Waals surface area contributed by atoms with E-state index in [1.165, 1.54) is 24.9 Å². The summed E-state index contributed by atoms with van der Waals surface area (Å²) in [7, 11) is 1.59. The smallest absolute Gasteiger partial charge is 0.160 e. The fourth-order valence-electron chi connectivity index (χ4n) is 2.85. The van der Waals surface area contributed by atoms with E-state index in [4.69, 9.17) is 4.74 Å². The molecule has 0 amide bonds. The maximum absolute atomic E-state index is 9.78. The molecule has 1 aromatic carbocycles. The molecule has 0 aromatic heterocycles. The van der Waals surface area contributed by atoms with Gasteiger partial charge in [-0.05, 0) is 31.0 Å². The minimum atomic E-state index is 0.209. The second kappa shape index (κ2) is 4.11. The summed E-state index contributed by atoms with van der Waals surface area (Å²) in [5.41, 5.74) is 2.25. The molecule has 0 radical (unpaired) electrons. The third-order valence-electron chi connectivity index (χ3n) is 3.81. The standard InChI is InChI=1S/C13H18N2O2/c1-17-13-5-9-8-15-4-2-3-10(15)7-14-11(9)6-12(13)16/h5-6,10,14,16H,2-4,7-8H2,1H3/t10-/m0/s1. The van der Waals surface area contributed by atoms with Crippen molar-refractivity contribution in [1.29, 1.82) is 0 Å². The molecule has 2 N–H and O–H groups in total. The number of methoxy groups -OCH3 is 1. The Morgan fingerprint density at radius 1 is 1.47 bits per heavy atom. The largest absolute Gasteiger partial charge is 0.504 e. The Morgan fingerprint density at radius 3 is 3.18 bits per heavy atom. The van der Waals surface area contributed by atoms with Gasteiger partial charge in [-0.1, -0.05) is 0 Å². The first-order valence-corrected chi connectivity index (χ1v) is 6.15. The highest BCUT2D eigenvalue weighted by atomic mass is 16.5. The van der Waals surface area contributed by atoms with E-state index in [0.717, 1.165) is 18.8 Å². The zero-order valence-electron chi connectivity index (χ0n) is 10.1. The number of nitrogens with zero attached hydrogens (tertiary/aromatic N) is 1. The van der Waals surface area contributed by atoms with Crippen molar-refractivity contribution in [3.8, 4) is 11.5 Å². The zero-order chi connectivity index (χ0) is 11.8. The number of aromatic hydroxyl groups is 1. The quantitative estimate of drug-likeness (QED) is 0.777. The van der Waals surface area contributed by atoms with Gasteiger partial charge in [0, 0.05) is 30.9 Å². The Labute approximate surface area is 101 Å². The van der Waals surface area contributed by atoms with E-state index in [2.05, 4.69) is 10.2 Å². The summed E-state index contributed by atoms with van der Waals surface area (Å²) in [6, 6.07) is 4.35. The predicted octanol–water partition coefficient (Wildman–Crippen LogP) is 1.79. The van der Waals surface area contributed by atoms with E-state index in [-0.39, 0.29) is 5.75 Å². The minimum absolute atomic E-state index is 0.209. The van der Waals surface area contributed by atoms with Gasteiger partial charge in [0.1, 0.15) is 0 Å². The van der Waals surface area contributed by atoms with Crippen molar-refractivity contribution in [3.63, 3.8) is 0 Å². The van der Waals surface area contributed by atoms with E-state index in [1.807, 2.05) is 6.07 Å². The van der Waals surface area contributed by atoms with E-state index in [1.54, 1.807) is 13.2 Å². The van der Waals surface area contributed by atoms with Gasteiger partial charge in [-0.15, -0.1) is 0 Å². The van der Waals surface area contributed by atoms with Crippen LogP contribution in [0.2, 0.25) is 0 Å². The lowest BCUT2D eigenvalue weighted by molar-refractivity contribution is 0.259. The summed E-state index contributed by atoms with van der Waals surface area (Å²) in [5, 5.41) is 13.2. The summed E-state index contributed by atoms with van der Waals surface area (Å²) in [5.74, 6) is 0.768. The molecule has 2 heterocycles. The van der Waals surface area contributed by atoms with Gasteiger partial charge >= 0.3 is 0 Å². The molecule has 4 heteroatoms. The molecule has 0 saturated carbocycles. The van der Waals surface area contributed by atoms with Crippen molar-refractivity contribution in [1.82, 2.24) is 4.90 Å². The minimum Gasteiger partial charge on any atom is -0.504 e. The molecule has 2 aliphatic heterocycles. The van der Waals surface area contributed by atoms with Crippen molar-refractivity contribution >= 4 is 5.69 Å². The van der Waals surface area contributed by atoms with E-state index >= 15 is 0 Å². The maximum Gasteiger partial charge on any atom is 0.160 e. The van der Waals surface area contributed by atoms with Crippen LogP contribution in [0, 0.1) is 0 Å². The fraction of sp³-hybridized carbons (Fsp3) is 0.538. The number of fused-ring (bicyclic) bond motifs is 2. The van der Waals surface area contributed by atoms with Crippen LogP contribution in [0.25, 0.3) is 0 Å². The Balaban J connectivity index is 1.96. The number of phenolic OH excluding ortho intramolecular Hbond substituents is 1. The average Bonchev–Trinajstić information content (AvgIpc) is 2.70. The predicted molar refractivity (Wildman–Crippen MR) is 66.6 cm³/mol. The number of ether oxygens (including phenoxy) is 1. The molecule has 17 heavy (non-hydrogen) atoms. The average molecular weight is 234 g/mol. The van der Waals surface area contributed by atoms with Crippen LogP contribution >= 0.6 is 0 Å². The van der Waals surface area contributed by atoms with Crippen molar-refractivity contribution in [2.24, 2.45) is 0 Å². The Kier molecular flexibility index (Phi) is 2.59. The summed E-state index contributed by atoms with van der Waals surface area (Å²) < 4.78 is 5.17. The monoisotopic (exact) mass is 234 g/mol. The SMILES string of the molecule is COc1cc2c(cc1O)NC[C@@H]1CCCN1C2. The van der Waals surface area contributed by atoms with Crippen molar-refractivity contribution in [2.45, 2.75) is 25.4 Å². The first kappa shape index (κ1) is 10.7. The third kappa shape index (κ3) is 1.82. The van der Waals surface area contributed by atoms with Crippen molar-refractivity contribution in [2.75, 3.05) is 25.5 Å². The second-order valence-corrected chi connectivity index (χ2v) is 4.83. The third-order valence-corrected chi connectivity index (χ3v) is 3.81. The maximum atomic E-state index is 9.78. The van der Waals surface area contributed by atoms with Gasteiger partial charge in [0.15, 0.2) is 11.5 Å². The van der Waals surface area contributed by atoms with E-state index in [9.17, 15) is 5.11 Å². The molecule has 92 valence electrons. The summed E-state index contributed by atoms with van der Waals surface area (Å²) in [6.45, 7) is 3.09. The number of rotatable bonds is 1. The molecule has 1 fully saturated rings. The fourth-order valence-corrected chi connectivity index (χ4v) is 2.85. The van der Waals surface area contributed by atoms with E-state index in [0.29, 0.717) is 11.8 Å². The van der Waals surface area contributed by atoms with Crippen molar-refractivity contribution in [3.05, 3.63) is 17.7 Å². The Morgan fingerprint density at radius 2 is 2.35 bits per heavy atom. The first-order chi connectivity index (χ1) is 8.28. The van der Waals surface area contributed by atoms with Crippen LogP contribution in [0.5, 0.6) is 11.5 Å². The zero-order valence-corrected chi connectivity index (χ0v) is 10.1. The molecule has 0 aliphatic carbocycles. The van der Waals surface area contributed by atoms with Gasteiger partial charge < -0.3 is 15.2 Å². The molecule has 0 bridgehead atoms. The highest BCUT2D eigenvalue weighted by molar-refractivity contribution is 5.60. The summed E-state index contributed by atoms with van der Waals surface area (Å²) in [6.07, 6.45) is 2.56. The van der Waals surface area contributed by atoms with Crippen LogP contribution < -0.4 is 10.1 Å². The molecular formula is C13H18N2O2. The summed E-state index contributed by atoms with van der Waals surface area (Å²) >= 11 is 0. The summed E-state index contributed by atoms with van der Waals surface area (Å²) in [4.78, 5) is 2.51. The number of hydrogen-bond acceptors (Lipinski definition) is 4. The van der Waals surface area contributed by atoms with Crippen LogP contribution in [0.3, 0.4) is 0 Å². The molecule has 0 unspecified atom stereocenters. The lowest BCUT2D eigenvalue weighted by Gasteiger charge is -2.20. The highest BCUT2D eigenvalue weighted by Crippen LogP contribution is 2.35. The number of benzene rings is 1. The lowest BCUT2D eigenvalue weighted by atomic mass is 10.1. The number of hydrogen-bond donors (Lipinski definition) is 2. The van der Waals surface area contributed by atoms with Gasteiger partial charge in [0.25, 0.3) is 0 Å². The van der Waals surface area contributed by atoms with Gasteiger partial charge in [-0.2, -0.15) is 0 Å². The first-order valence-electron chi connectivity index (χ1n) is 6.15. The van der Waals surface area contributed by atoms with Gasteiger partial charge in [-0.3, -0.25) is 4.90 Å². The molecule has 1 saturated heterocycles. The van der Waals surface area contributed by atoms with Crippen LogP contribution in [0.1, 0.15) is 18.4 Å². The molecular weight excluding hydrogens is 216 g/mol. The van der Waals surface area contributed by atoms with Gasteiger partial charge in [0.2, 0.25) is 0 Å². The lowest BCUT2D eigenvalue weighted by Crippen LogP contribution is -2.31. The molecule has 3 rings (SSSR count). The topological polar surface area (TPSA) is 44.7 Å². The second-order valence-electron chi connectivity index (χ2n) is 4.83. The number of phenols is 1. The molecule has 1 aromatic rings. The van der Waals surface area contributed by atoms with Gasteiger partial charge in [0.05, 0.1) is 7.11 Å². The Hall–Kier alpha value is -1.42.